The summed E-state index contributed by atoms with van der Waals surface area (Å²) in [6.45, 7) is 9.02. The van der Waals surface area contributed by atoms with E-state index in [0.29, 0.717) is 17.1 Å². The van der Waals surface area contributed by atoms with Crippen molar-refractivity contribution in [3.63, 3.8) is 0 Å². The second-order valence-electron chi connectivity index (χ2n) is 11.2. The van der Waals surface area contributed by atoms with Crippen LogP contribution in [0.25, 0.3) is 10.9 Å². The molecular formula is C27H34F4N6O2S. The second-order valence-corrected chi connectivity index (χ2v) is 14.6. The first-order valence-electron chi connectivity index (χ1n) is 12.3. The molecule has 0 radical (unpaired) electrons. The number of nitrogens with two attached hydrogens (primary N) is 1. The number of nitrogens with zero attached hydrogens (tertiary/aromatic N) is 3. The molecule has 0 aliphatic carbocycles. The topological polar surface area (TPSA) is 115 Å². The SMILES string of the molecule is CC(C)(CS(C)(F)C(C)(C)C)n1cc(C(=O)c2cncc(NC(=O)CN/C=C(\N)C(F)(F)F)c2)c2cnccc21. The van der Waals surface area contributed by atoms with E-state index in [9.17, 15) is 22.8 Å². The highest BCUT2D eigenvalue weighted by atomic mass is 32.3. The Morgan fingerprint density at radius 2 is 1.77 bits per heavy atom. The number of carbonyl (C=O) groups excluding carboxylic acids is 2. The minimum atomic E-state index is -4.71. The van der Waals surface area contributed by atoms with Gasteiger partial charge in [0, 0.05) is 63.5 Å². The number of aromatic nitrogens is 3. The molecule has 3 rings (SSSR count). The predicted octanol–water partition coefficient (Wildman–Crippen LogP) is 5.41. The first-order valence-corrected chi connectivity index (χ1v) is 14.4. The summed E-state index contributed by atoms with van der Waals surface area (Å²) in [7, 11) is -2.51. The van der Waals surface area contributed by atoms with Gasteiger partial charge in [-0.05, 0) is 32.2 Å². The number of allylic oxidation sites excluding steroid dienone is 1. The van der Waals surface area contributed by atoms with Crippen molar-refractivity contribution in [1.29, 1.82) is 0 Å². The van der Waals surface area contributed by atoms with Crippen molar-refractivity contribution < 1.29 is 26.6 Å². The van der Waals surface area contributed by atoms with Gasteiger partial charge in [-0.3, -0.25) is 19.6 Å². The van der Waals surface area contributed by atoms with E-state index in [0.717, 1.165) is 5.52 Å². The van der Waals surface area contributed by atoms with Crippen LogP contribution in [0, 0.1) is 0 Å². The van der Waals surface area contributed by atoms with Crippen LogP contribution in [0.15, 0.2) is 55.0 Å². The van der Waals surface area contributed by atoms with Gasteiger partial charge in [0.1, 0.15) is 5.70 Å². The smallest absolute Gasteiger partial charge is 0.394 e. The van der Waals surface area contributed by atoms with Crippen molar-refractivity contribution in [3.8, 4) is 0 Å². The standard InChI is InChI=1S/C27H34F4N6O2S/c1-25(2,3)40(6,31)16-26(4,5)37-15-20(19-12-33-8-7-21(19)37)24(39)17-9-18(11-34-10-17)36-23(38)14-35-13-22(32)27(28,29)30/h7-13,15,35H,14,16,32H2,1-6H3,(H,36,38)/b22-13-. The van der Waals surface area contributed by atoms with Gasteiger partial charge in [-0.25, -0.2) is 0 Å². The first-order chi connectivity index (χ1) is 18.3. The molecule has 40 heavy (non-hydrogen) atoms. The lowest BCUT2D eigenvalue weighted by Crippen LogP contribution is -2.36. The summed E-state index contributed by atoms with van der Waals surface area (Å²) in [6.07, 6.45) is 4.97. The lowest BCUT2D eigenvalue weighted by atomic mass is 10.0. The zero-order valence-corrected chi connectivity index (χ0v) is 24.0. The van der Waals surface area contributed by atoms with Gasteiger partial charge in [-0.15, -0.1) is 0 Å². The average molecular weight is 583 g/mol. The monoisotopic (exact) mass is 582 g/mol. The number of amides is 1. The third-order valence-corrected chi connectivity index (χ3v) is 10.3. The highest BCUT2D eigenvalue weighted by Crippen LogP contribution is 2.60. The van der Waals surface area contributed by atoms with Crippen LogP contribution in [0.5, 0.6) is 0 Å². The number of hydrogen-bond donors (Lipinski definition) is 3. The molecule has 0 aliphatic rings. The summed E-state index contributed by atoms with van der Waals surface area (Å²) in [5.41, 5.74) is 4.25. The third-order valence-electron chi connectivity index (χ3n) is 6.54. The van der Waals surface area contributed by atoms with Gasteiger partial charge < -0.3 is 20.9 Å². The molecule has 8 nitrogen and oxygen atoms in total. The van der Waals surface area contributed by atoms with Crippen LogP contribution < -0.4 is 16.4 Å². The molecule has 218 valence electrons. The summed E-state index contributed by atoms with van der Waals surface area (Å²) >= 11 is 0. The lowest BCUT2D eigenvalue weighted by molar-refractivity contribution is -0.115. The summed E-state index contributed by atoms with van der Waals surface area (Å²) in [4.78, 5) is 34.0. The summed E-state index contributed by atoms with van der Waals surface area (Å²) in [5.74, 6) is -0.790. The van der Waals surface area contributed by atoms with Crippen LogP contribution in [0.4, 0.5) is 22.7 Å². The van der Waals surface area contributed by atoms with Gasteiger partial charge in [0.15, 0.2) is 5.78 Å². The fourth-order valence-corrected chi connectivity index (χ4v) is 5.93. The highest BCUT2D eigenvalue weighted by Gasteiger charge is 2.39. The number of rotatable bonds is 9. The maximum atomic E-state index is 15.8. The summed E-state index contributed by atoms with van der Waals surface area (Å²) in [6, 6.07) is 3.19. The van der Waals surface area contributed by atoms with E-state index in [-0.39, 0.29) is 22.8 Å². The largest absolute Gasteiger partial charge is 0.432 e. The number of anilines is 1. The van der Waals surface area contributed by atoms with E-state index in [1.165, 1.54) is 18.5 Å². The maximum Gasteiger partial charge on any atom is 0.432 e. The number of carbonyl (C=O) groups is 2. The Labute approximate surface area is 232 Å². The molecular weight excluding hydrogens is 548 g/mol. The van der Waals surface area contributed by atoms with Crippen molar-refractivity contribution in [1.82, 2.24) is 19.9 Å². The molecule has 0 bridgehead atoms. The molecule has 1 atom stereocenters. The van der Waals surface area contributed by atoms with Gasteiger partial charge in [0.05, 0.1) is 23.9 Å². The van der Waals surface area contributed by atoms with Crippen LogP contribution >= 0.6 is 10.4 Å². The van der Waals surface area contributed by atoms with Crippen LogP contribution in [0.2, 0.25) is 0 Å². The Balaban J connectivity index is 1.87. The fraction of sp³-hybridized carbons (Fsp3) is 0.407. The van der Waals surface area contributed by atoms with Crippen molar-refractivity contribution in [2.24, 2.45) is 5.73 Å². The molecule has 13 heteroatoms. The van der Waals surface area contributed by atoms with Crippen molar-refractivity contribution in [3.05, 3.63) is 66.1 Å². The van der Waals surface area contributed by atoms with Crippen molar-refractivity contribution in [2.45, 2.75) is 51.1 Å². The number of alkyl halides is 3. The number of nitrogens with one attached hydrogen (secondary N) is 2. The molecule has 0 fully saturated rings. The number of hydrogen-bond acceptors (Lipinski definition) is 6. The van der Waals surface area contributed by atoms with Gasteiger partial charge in [-0.1, -0.05) is 31.2 Å². The first kappa shape index (κ1) is 30.9. The second kappa shape index (κ2) is 11.1. The van der Waals surface area contributed by atoms with E-state index >= 15 is 3.89 Å². The molecule has 1 unspecified atom stereocenters. The van der Waals surface area contributed by atoms with E-state index in [1.807, 2.05) is 39.2 Å². The Hall–Kier alpha value is -3.61. The molecule has 0 saturated carbocycles. The minimum Gasteiger partial charge on any atom is -0.394 e. The predicted molar refractivity (Wildman–Crippen MR) is 151 cm³/mol. The van der Waals surface area contributed by atoms with Gasteiger partial charge in [0.25, 0.3) is 0 Å². The Bertz CT molecular complexity index is 1440. The van der Waals surface area contributed by atoms with E-state index < -0.39 is 45.0 Å². The van der Waals surface area contributed by atoms with Gasteiger partial charge in [0.2, 0.25) is 5.91 Å². The van der Waals surface area contributed by atoms with E-state index in [4.69, 9.17) is 5.73 Å². The van der Waals surface area contributed by atoms with Crippen LogP contribution in [-0.2, 0) is 10.3 Å². The maximum absolute atomic E-state index is 15.8. The van der Waals surface area contributed by atoms with Crippen LogP contribution in [0.3, 0.4) is 0 Å². The molecule has 0 aliphatic heterocycles. The van der Waals surface area contributed by atoms with Crippen LogP contribution in [0.1, 0.15) is 50.5 Å². The fourth-order valence-electron chi connectivity index (χ4n) is 4.03. The molecule has 0 saturated heterocycles. The number of fused-ring (bicyclic) bond motifs is 1. The minimum absolute atomic E-state index is 0.170. The molecule has 3 aromatic heterocycles. The Morgan fingerprint density at radius 1 is 1.10 bits per heavy atom. The van der Waals surface area contributed by atoms with E-state index in [2.05, 4.69) is 20.6 Å². The Morgan fingerprint density at radius 3 is 2.40 bits per heavy atom. The summed E-state index contributed by atoms with van der Waals surface area (Å²) < 4.78 is 54.6. The number of pyridine rings is 2. The van der Waals surface area contributed by atoms with Crippen molar-refractivity contribution in [2.75, 3.05) is 23.9 Å². The normalized spacial score (nSPS) is 15.4. The van der Waals surface area contributed by atoms with Crippen LogP contribution in [-0.4, -0.2) is 55.7 Å². The Kier molecular flexibility index (Phi) is 8.59. The van der Waals surface area contributed by atoms with E-state index in [1.54, 1.807) is 30.9 Å². The molecule has 0 spiro atoms. The highest BCUT2D eigenvalue weighted by molar-refractivity contribution is 8.30. The third kappa shape index (κ3) is 6.93. The molecule has 1 amide bonds. The molecule has 3 heterocycles. The number of ketones is 1. The number of halogens is 4. The molecule has 4 N–H and O–H groups in total. The van der Waals surface area contributed by atoms with Gasteiger partial charge in [-0.2, -0.15) is 17.1 Å². The van der Waals surface area contributed by atoms with Crippen molar-refractivity contribution >= 4 is 38.7 Å². The molecule has 0 aromatic carbocycles. The summed E-state index contributed by atoms with van der Waals surface area (Å²) in [5, 5.41) is 5.26. The zero-order valence-electron chi connectivity index (χ0n) is 23.2. The molecule has 3 aromatic rings. The zero-order chi connectivity index (χ0) is 30.1. The lowest BCUT2D eigenvalue weighted by Gasteiger charge is -2.45. The quantitative estimate of drug-likeness (QED) is 0.230. The van der Waals surface area contributed by atoms with Gasteiger partial charge >= 0.3 is 6.18 Å². The average Bonchev–Trinajstić information content (AvgIpc) is 3.22.